The van der Waals surface area contributed by atoms with E-state index in [1.165, 1.54) is 0 Å². The average Bonchev–Trinajstić information content (AvgIpc) is 3.35. The normalized spacial score (nSPS) is 18.3. The van der Waals surface area contributed by atoms with Crippen LogP contribution in [0.15, 0.2) is 34.0 Å². The predicted molar refractivity (Wildman–Crippen MR) is 127 cm³/mol. The van der Waals surface area contributed by atoms with E-state index in [9.17, 15) is 18.0 Å². The zero-order valence-corrected chi connectivity index (χ0v) is 20.9. The second-order valence-corrected chi connectivity index (χ2v) is 12.2. The third-order valence-electron chi connectivity index (χ3n) is 5.47. The summed E-state index contributed by atoms with van der Waals surface area (Å²) < 4.78 is 30.1. The van der Waals surface area contributed by atoms with E-state index in [4.69, 9.17) is 4.74 Å². The zero-order valence-electron chi connectivity index (χ0n) is 18.4. The second kappa shape index (κ2) is 10.8. The van der Waals surface area contributed by atoms with Gasteiger partial charge in [-0.1, -0.05) is 36.9 Å². The van der Waals surface area contributed by atoms with Crippen molar-refractivity contribution in [2.45, 2.75) is 55.8 Å². The molecule has 3 rings (SSSR count). The predicted octanol–water partition coefficient (Wildman–Crippen LogP) is 3.71. The van der Waals surface area contributed by atoms with Crippen molar-refractivity contribution in [3.8, 4) is 0 Å². The number of benzene rings is 1. The molecule has 1 aromatic carbocycles. The summed E-state index contributed by atoms with van der Waals surface area (Å²) in [5.74, 6) is -0.312. The molecule has 2 aromatic rings. The van der Waals surface area contributed by atoms with Crippen molar-refractivity contribution in [2.75, 3.05) is 18.1 Å². The molecule has 2 unspecified atom stereocenters. The van der Waals surface area contributed by atoms with Crippen LogP contribution in [0.3, 0.4) is 0 Å². The van der Waals surface area contributed by atoms with Gasteiger partial charge in [0.15, 0.2) is 16.4 Å². The number of esters is 1. The highest BCUT2D eigenvalue weighted by molar-refractivity contribution is 8.00. The molecule has 1 fully saturated rings. The Morgan fingerprint density at radius 2 is 2.09 bits per heavy atom. The molecule has 1 saturated heterocycles. The number of aryl methyl sites for hydroxylation is 1. The largest absolute Gasteiger partial charge is 0.452 e. The molecule has 0 saturated carbocycles. The zero-order chi connectivity index (χ0) is 23.3. The number of carbonyl (C=O) groups excluding carboxylic acids is 2. The Morgan fingerprint density at radius 1 is 1.34 bits per heavy atom. The van der Waals surface area contributed by atoms with Crippen LogP contribution in [0.5, 0.6) is 0 Å². The van der Waals surface area contributed by atoms with Crippen LogP contribution in [0.25, 0.3) is 0 Å². The molecule has 0 spiro atoms. The van der Waals surface area contributed by atoms with Crippen molar-refractivity contribution in [1.29, 1.82) is 0 Å². The molecule has 1 aromatic heterocycles. The average molecular weight is 497 g/mol. The molecule has 0 N–H and O–H groups in total. The highest BCUT2D eigenvalue weighted by Gasteiger charge is 2.36. The van der Waals surface area contributed by atoms with Crippen LogP contribution in [0, 0.1) is 6.92 Å². The van der Waals surface area contributed by atoms with Crippen molar-refractivity contribution in [3.05, 3.63) is 46.5 Å². The number of aromatic nitrogens is 1. The monoisotopic (exact) mass is 496 g/mol. The highest BCUT2D eigenvalue weighted by atomic mass is 32.2. The van der Waals surface area contributed by atoms with Crippen LogP contribution in [-0.2, 0) is 25.1 Å². The van der Waals surface area contributed by atoms with Gasteiger partial charge in [-0.2, -0.15) is 0 Å². The van der Waals surface area contributed by atoms with Gasteiger partial charge in [0.05, 0.1) is 17.1 Å². The van der Waals surface area contributed by atoms with Gasteiger partial charge in [0.2, 0.25) is 0 Å². The number of ether oxygens (including phenoxy) is 1. The molecule has 2 atom stereocenters. The van der Waals surface area contributed by atoms with Crippen LogP contribution in [0.4, 0.5) is 0 Å². The fraction of sp³-hybridized carbons (Fsp3) is 0.500. The summed E-state index contributed by atoms with van der Waals surface area (Å²) in [5.41, 5.74) is 2.19. The van der Waals surface area contributed by atoms with Crippen LogP contribution < -0.4 is 0 Å². The molecule has 0 aliphatic carbocycles. The Hall–Kier alpha value is -1.91. The van der Waals surface area contributed by atoms with E-state index in [2.05, 4.69) is 4.98 Å². The van der Waals surface area contributed by atoms with Gasteiger partial charge in [-0.3, -0.25) is 4.79 Å². The number of rotatable bonds is 9. The van der Waals surface area contributed by atoms with E-state index in [0.29, 0.717) is 24.2 Å². The molecule has 10 heteroatoms. The Balaban J connectivity index is 1.64. The number of amides is 1. The van der Waals surface area contributed by atoms with Gasteiger partial charge < -0.3 is 9.64 Å². The van der Waals surface area contributed by atoms with Crippen LogP contribution in [0.2, 0.25) is 0 Å². The number of nitrogens with zero attached hydrogens (tertiary/aromatic N) is 2. The number of thioether (sulfide) groups is 1. The summed E-state index contributed by atoms with van der Waals surface area (Å²) in [6.45, 7) is 5.36. The van der Waals surface area contributed by atoms with Crippen molar-refractivity contribution in [1.82, 2.24) is 9.88 Å². The van der Waals surface area contributed by atoms with Gasteiger partial charge in [-0.25, -0.2) is 18.2 Å². The molecule has 7 nitrogen and oxygen atoms in total. The summed E-state index contributed by atoms with van der Waals surface area (Å²) in [6, 6.07) is 6.66. The Bertz CT molecular complexity index is 1070. The third-order valence-corrected chi connectivity index (χ3v) is 9.41. The summed E-state index contributed by atoms with van der Waals surface area (Å²) >= 11 is 3.11. The number of carbonyl (C=O) groups is 2. The fourth-order valence-electron chi connectivity index (χ4n) is 3.66. The summed E-state index contributed by atoms with van der Waals surface area (Å²) in [5, 5.41) is 1.98. The Kier molecular flexibility index (Phi) is 8.35. The maximum Gasteiger partial charge on any atom is 0.338 e. The lowest BCUT2D eigenvalue weighted by Crippen LogP contribution is -2.48. The first-order valence-electron chi connectivity index (χ1n) is 10.5. The molecule has 2 heterocycles. The van der Waals surface area contributed by atoms with Gasteiger partial charge in [-0.15, -0.1) is 11.3 Å². The lowest BCUT2D eigenvalue weighted by atomic mass is 10.1. The van der Waals surface area contributed by atoms with Gasteiger partial charge in [-0.05, 0) is 38.3 Å². The van der Waals surface area contributed by atoms with E-state index >= 15 is 0 Å². The number of hydrogen-bond donors (Lipinski definition) is 0. The van der Waals surface area contributed by atoms with Crippen LogP contribution in [0.1, 0.15) is 48.3 Å². The standard InChI is InChI=1S/C22H28N2O5S3/c1-4-16(3)24(18-9-10-32(27,28)14-18)20(25)11-29-21(26)19-8-6-5-7-17(19)13-31-22-23-15(2)12-30-22/h5-8,12,16,18H,4,9-11,13-14H2,1-3H3. The minimum atomic E-state index is -3.13. The number of thiazole rings is 1. The van der Waals surface area contributed by atoms with E-state index in [1.54, 1.807) is 40.1 Å². The quantitative estimate of drug-likeness (QED) is 0.386. The van der Waals surface area contributed by atoms with Crippen molar-refractivity contribution in [2.24, 2.45) is 0 Å². The summed E-state index contributed by atoms with van der Waals surface area (Å²) in [7, 11) is -3.13. The lowest BCUT2D eigenvalue weighted by molar-refractivity contribution is -0.138. The smallest absolute Gasteiger partial charge is 0.338 e. The minimum Gasteiger partial charge on any atom is -0.452 e. The van der Waals surface area contributed by atoms with E-state index in [1.807, 2.05) is 38.3 Å². The molecule has 0 radical (unpaired) electrons. The van der Waals surface area contributed by atoms with Gasteiger partial charge >= 0.3 is 5.97 Å². The van der Waals surface area contributed by atoms with Gasteiger partial charge in [0, 0.05) is 28.9 Å². The van der Waals surface area contributed by atoms with Crippen molar-refractivity contribution < 1.29 is 22.7 Å². The Morgan fingerprint density at radius 3 is 2.72 bits per heavy atom. The molecule has 0 bridgehead atoms. The highest BCUT2D eigenvalue weighted by Crippen LogP contribution is 2.27. The Labute approximate surface area is 197 Å². The van der Waals surface area contributed by atoms with E-state index in [0.717, 1.165) is 15.6 Å². The molecule has 1 aliphatic rings. The van der Waals surface area contributed by atoms with Gasteiger partial charge in [0.1, 0.15) is 4.34 Å². The number of hydrogen-bond acceptors (Lipinski definition) is 8. The minimum absolute atomic E-state index is 0.0344. The molecular weight excluding hydrogens is 468 g/mol. The van der Waals surface area contributed by atoms with E-state index < -0.39 is 22.4 Å². The van der Waals surface area contributed by atoms with Crippen molar-refractivity contribution in [3.63, 3.8) is 0 Å². The lowest BCUT2D eigenvalue weighted by Gasteiger charge is -2.33. The molecule has 1 aliphatic heterocycles. The topological polar surface area (TPSA) is 93.6 Å². The fourth-order valence-corrected chi connectivity index (χ4v) is 7.23. The first kappa shape index (κ1) is 24.7. The first-order chi connectivity index (χ1) is 15.2. The number of sulfone groups is 1. The molecule has 1 amide bonds. The van der Waals surface area contributed by atoms with Gasteiger partial charge in [0.25, 0.3) is 5.91 Å². The molecule has 32 heavy (non-hydrogen) atoms. The molecular formula is C22H28N2O5S3. The van der Waals surface area contributed by atoms with Crippen LogP contribution >= 0.6 is 23.1 Å². The molecule has 174 valence electrons. The maximum absolute atomic E-state index is 12.9. The van der Waals surface area contributed by atoms with Crippen molar-refractivity contribution >= 4 is 44.8 Å². The first-order valence-corrected chi connectivity index (χ1v) is 14.2. The third kappa shape index (κ3) is 6.32. The summed E-state index contributed by atoms with van der Waals surface area (Å²) in [6.07, 6.45) is 1.11. The maximum atomic E-state index is 12.9. The summed E-state index contributed by atoms with van der Waals surface area (Å²) in [4.78, 5) is 31.7. The van der Waals surface area contributed by atoms with Crippen LogP contribution in [-0.4, -0.2) is 60.4 Å². The van der Waals surface area contributed by atoms with E-state index in [-0.39, 0.29) is 29.5 Å². The second-order valence-electron chi connectivity index (χ2n) is 7.89. The SMILES string of the molecule is CCC(C)N(C(=O)COC(=O)c1ccccc1CSc1nc(C)cs1)C1CCS(=O)(=O)C1.